The molecule has 26 heavy (non-hydrogen) atoms. The smallest absolute Gasteiger partial charge is 0.326 e. The van der Waals surface area contributed by atoms with Crippen LogP contribution in [0.4, 0.5) is 0 Å². The molecule has 148 valence electrons. The largest absolute Gasteiger partial charge is 0.481 e. The van der Waals surface area contributed by atoms with E-state index in [-0.39, 0.29) is 12.3 Å². The van der Waals surface area contributed by atoms with Gasteiger partial charge in [0, 0.05) is 6.42 Å². The average Bonchev–Trinajstić information content (AvgIpc) is 2.53. The Labute approximate surface area is 150 Å². The number of primary amides is 1. The maximum absolute atomic E-state index is 12.4. The summed E-state index contributed by atoms with van der Waals surface area (Å²) in [6.45, 7) is 3.43. The van der Waals surface area contributed by atoms with Crippen molar-refractivity contribution in [2.24, 2.45) is 17.4 Å². The van der Waals surface area contributed by atoms with Gasteiger partial charge in [-0.1, -0.05) is 20.3 Å². The Balaban J connectivity index is 5.12. The molecule has 0 fully saturated rings. The first kappa shape index (κ1) is 23.3. The van der Waals surface area contributed by atoms with Gasteiger partial charge >= 0.3 is 11.9 Å². The summed E-state index contributed by atoms with van der Waals surface area (Å²) in [5.74, 6) is -5.29. The third kappa shape index (κ3) is 8.42. The van der Waals surface area contributed by atoms with Crippen molar-refractivity contribution < 1.29 is 34.2 Å². The Kier molecular flexibility index (Phi) is 9.89. The molecule has 0 saturated carbocycles. The molecule has 3 amide bonds. The van der Waals surface area contributed by atoms with Gasteiger partial charge in [-0.25, -0.2) is 4.79 Å². The normalized spacial score (nSPS) is 15.2. The first-order valence-corrected chi connectivity index (χ1v) is 8.08. The molecule has 0 heterocycles. The number of carboxylic acid groups (broad SMARTS) is 2. The van der Waals surface area contributed by atoms with Crippen molar-refractivity contribution >= 4 is 29.7 Å². The van der Waals surface area contributed by atoms with Crippen molar-refractivity contribution in [3.63, 3.8) is 0 Å². The molecular formula is C15H26N4O7. The van der Waals surface area contributed by atoms with Crippen LogP contribution in [0.15, 0.2) is 0 Å². The lowest BCUT2D eigenvalue weighted by atomic mass is 9.97. The molecule has 11 nitrogen and oxygen atoms in total. The Morgan fingerprint density at radius 2 is 1.62 bits per heavy atom. The second-order valence-electron chi connectivity index (χ2n) is 5.98. The third-order valence-electron chi connectivity index (χ3n) is 3.81. The number of hydrogen-bond acceptors (Lipinski definition) is 6. The first-order chi connectivity index (χ1) is 12.0. The fraction of sp³-hybridized carbons (Fsp3) is 0.667. The highest BCUT2D eigenvalue weighted by molar-refractivity contribution is 5.93. The van der Waals surface area contributed by atoms with E-state index in [2.05, 4.69) is 10.6 Å². The monoisotopic (exact) mass is 374 g/mol. The number of aliphatic carboxylic acids is 2. The van der Waals surface area contributed by atoms with E-state index < -0.39 is 60.6 Å². The van der Waals surface area contributed by atoms with Gasteiger partial charge in [0.1, 0.15) is 12.1 Å². The topological polar surface area (TPSA) is 202 Å². The number of hydrogen-bond donors (Lipinski definition) is 6. The van der Waals surface area contributed by atoms with Crippen LogP contribution in [-0.2, 0) is 24.0 Å². The molecule has 0 rings (SSSR count). The minimum Gasteiger partial charge on any atom is -0.481 e. The minimum atomic E-state index is -1.42. The van der Waals surface area contributed by atoms with Gasteiger partial charge in [0.25, 0.3) is 0 Å². The highest BCUT2D eigenvalue weighted by Gasteiger charge is 2.31. The van der Waals surface area contributed by atoms with Crippen molar-refractivity contribution in [3.8, 4) is 0 Å². The lowest BCUT2D eigenvalue weighted by Gasteiger charge is -2.26. The second-order valence-corrected chi connectivity index (χ2v) is 5.98. The van der Waals surface area contributed by atoms with Crippen molar-refractivity contribution in [1.29, 1.82) is 0 Å². The molecular weight excluding hydrogens is 348 g/mol. The van der Waals surface area contributed by atoms with Crippen molar-refractivity contribution in [2.75, 3.05) is 0 Å². The molecule has 0 radical (unpaired) electrons. The summed E-state index contributed by atoms with van der Waals surface area (Å²) >= 11 is 0. The van der Waals surface area contributed by atoms with E-state index in [1.54, 1.807) is 13.8 Å². The Bertz CT molecular complexity index is 552. The Morgan fingerprint density at radius 3 is 2.04 bits per heavy atom. The summed E-state index contributed by atoms with van der Waals surface area (Å²) in [4.78, 5) is 57.1. The lowest BCUT2D eigenvalue weighted by molar-refractivity contribution is -0.143. The van der Waals surface area contributed by atoms with Crippen molar-refractivity contribution in [3.05, 3.63) is 0 Å². The van der Waals surface area contributed by atoms with E-state index in [0.29, 0.717) is 6.42 Å². The second kappa shape index (κ2) is 11.0. The van der Waals surface area contributed by atoms with E-state index in [1.807, 2.05) is 0 Å². The maximum atomic E-state index is 12.4. The van der Waals surface area contributed by atoms with Crippen LogP contribution >= 0.6 is 0 Å². The minimum absolute atomic E-state index is 0.307. The van der Waals surface area contributed by atoms with Gasteiger partial charge in [0.05, 0.1) is 12.5 Å². The summed E-state index contributed by atoms with van der Waals surface area (Å²) in [5, 5.41) is 22.4. The van der Waals surface area contributed by atoms with Crippen LogP contribution in [0.3, 0.4) is 0 Å². The van der Waals surface area contributed by atoms with E-state index in [1.165, 1.54) is 0 Å². The molecule has 11 heteroatoms. The molecule has 0 unspecified atom stereocenters. The Hall–Kier alpha value is -2.69. The fourth-order valence-corrected chi connectivity index (χ4v) is 2.06. The lowest BCUT2D eigenvalue weighted by Crippen LogP contribution is -2.57. The first-order valence-electron chi connectivity index (χ1n) is 8.08. The van der Waals surface area contributed by atoms with Gasteiger partial charge in [0.15, 0.2) is 0 Å². The van der Waals surface area contributed by atoms with Gasteiger partial charge < -0.3 is 32.3 Å². The van der Waals surface area contributed by atoms with Crippen LogP contribution in [0.1, 0.15) is 39.5 Å². The summed E-state index contributed by atoms with van der Waals surface area (Å²) in [5.41, 5.74) is 10.5. The predicted molar refractivity (Wildman–Crippen MR) is 89.6 cm³/mol. The van der Waals surface area contributed by atoms with E-state index in [9.17, 15) is 24.0 Å². The summed E-state index contributed by atoms with van der Waals surface area (Å²) in [6.07, 6.45) is -0.673. The number of nitrogens with one attached hydrogen (secondary N) is 2. The van der Waals surface area contributed by atoms with Crippen LogP contribution in [0, 0.1) is 5.92 Å². The highest BCUT2D eigenvalue weighted by Crippen LogP contribution is 2.10. The SMILES string of the molecule is CC[C@H](C)[C@H](NC(=O)[C@@H](N)CC(N)=O)C(=O)N[C@@H](CCC(=O)O)C(=O)O. The van der Waals surface area contributed by atoms with Crippen LogP contribution in [0.2, 0.25) is 0 Å². The molecule has 4 atom stereocenters. The number of nitrogens with two attached hydrogens (primary N) is 2. The number of amides is 3. The van der Waals surface area contributed by atoms with Gasteiger partial charge in [0.2, 0.25) is 17.7 Å². The average molecular weight is 374 g/mol. The molecule has 0 aromatic carbocycles. The van der Waals surface area contributed by atoms with Crippen LogP contribution in [0.25, 0.3) is 0 Å². The third-order valence-corrected chi connectivity index (χ3v) is 3.81. The van der Waals surface area contributed by atoms with Crippen LogP contribution < -0.4 is 22.1 Å². The van der Waals surface area contributed by atoms with Crippen molar-refractivity contribution in [1.82, 2.24) is 10.6 Å². The molecule has 0 spiro atoms. The molecule has 0 aliphatic rings. The van der Waals surface area contributed by atoms with E-state index in [0.717, 1.165) is 0 Å². The van der Waals surface area contributed by atoms with E-state index in [4.69, 9.17) is 21.7 Å². The zero-order valence-electron chi connectivity index (χ0n) is 14.7. The molecule has 0 saturated heterocycles. The number of rotatable bonds is 12. The molecule has 0 bridgehead atoms. The summed E-state index contributed by atoms with van der Waals surface area (Å²) in [6, 6.07) is -3.76. The van der Waals surface area contributed by atoms with E-state index >= 15 is 0 Å². The quantitative estimate of drug-likeness (QED) is 0.228. The molecule has 0 aromatic heterocycles. The Morgan fingerprint density at radius 1 is 1.04 bits per heavy atom. The molecule has 0 aromatic rings. The van der Waals surface area contributed by atoms with Gasteiger partial charge in [-0.2, -0.15) is 0 Å². The molecule has 0 aliphatic carbocycles. The van der Waals surface area contributed by atoms with Crippen molar-refractivity contribution in [2.45, 2.75) is 57.7 Å². The summed E-state index contributed by atoms with van der Waals surface area (Å²) in [7, 11) is 0. The number of carboxylic acids is 2. The maximum Gasteiger partial charge on any atom is 0.326 e. The molecule has 0 aliphatic heterocycles. The number of carbonyl (C=O) groups is 5. The zero-order chi connectivity index (χ0) is 20.4. The highest BCUT2D eigenvalue weighted by atomic mass is 16.4. The van der Waals surface area contributed by atoms with Crippen LogP contribution in [0.5, 0.6) is 0 Å². The number of carbonyl (C=O) groups excluding carboxylic acids is 3. The molecule has 8 N–H and O–H groups in total. The summed E-state index contributed by atoms with van der Waals surface area (Å²) < 4.78 is 0. The standard InChI is InChI=1S/C15H26N4O7/c1-3-7(2)12(19-13(23)8(16)6-10(17)20)14(24)18-9(15(25)26)4-5-11(21)22/h7-9,12H,3-6,16H2,1-2H3,(H2,17,20)(H,18,24)(H,19,23)(H,21,22)(H,25,26)/t7-,8-,9-,12-/m0/s1. The van der Waals surface area contributed by atoms with Gasteiger partial charge in [-0.3, -0.25) is 19.2 Å². The predicted octanol–water partition coefficient (Wildman–Crippen LogP) is -1.85. The zero-order valence-corrected chi connectivity index (χ0v) is 14.7. The van der Waals surface area contributed by atoms with Crippen LogP contribution in [-0.4, -0.2) is 58.0 Å². The van der Waals surface area contributed by atoms with Gasteiger partial charge in [-0.15, -0.1) is 0 Å². The fourth-order valence-electron chi connectivity index (χ4n) is 2.06. The van der Waals surface area contributed by atoms with Gasteiger partial charge in [-0.05, 0) is 12.3 Å².